The Hall–Kier alpha value is -0.890. The van der Waals surface area contributed by atoms with E-state index in [9.17, 15) is 0 Å². The highest BCUT2D eigenvalue weighted by molar-refractivity contribution is 5.20. The van der Waals surface area contributed by atoms with Crippen molar-refractivity contribution >= 4 is 0 Å². The second-order valence-corrected chi connectivity index (χ2v) is 5.67. The Bertz CT molecular complexity index is 326. The molecule has 1 aromatic heterocycles. The number of nitrogens with zero attached hydrogens (tertiary/aromatic N) is 1. The molecule has 1 rings (SSSR count). The third kappa shape index (κ3) is 4.31. The summed E-state index contributed by atoms with van der Waals surface area (Å²) in [5, 5.41) is 3.54. The van der Waals surface area contributed by atoms with Gasteiger partial charge in [0.1, 0.15) is 0 Å². The first-order valence-electron chi connectivity index (χ1n) is 6.07. The summed E-state index contributed by atoms with van der Waals surface area (Å²) in [6, 6.07) is 2.64. The van der Waals surface area contributed by atoms with Gasteiger partial charge in [-0.25, -0.2) is 0 Å². The van der Waals surface area contributed by atoms with Gasteiger partial charge in [-0.2, -0.15) is 0 Å². The van der Waals surface area contributed by atoms with Crippen LogP contribution in [0.3, 0.4) is 0 Å². The van der Waals surface area contributed by atoms with Crippen LogP contribution in [0.2, 0.25) is 0 Å². The zero-order valence-electron chi connectivity index (χ0n) is 11.2. The molecule has 0 fully saturated rings. The monoisotopic (exact) mass is 220 g/mol. The van der Waals surface area contributed by atoms with Crippen molar-refractivity contribution in [2.75, 3.05) is 6.54 Å². The number of aryl methyl sites for hydroxylation is 1. The summed E-state index contributed by atoms with van der Waals surface area (Å²) in [4.78, 5) is 4.28. The largest absolute Gasteiger partial charge is 0.310 e. The van der Waals surface area contributed by atoms with Gasteiger partial charge in [0.25, 0.3) is 0 Å². The van der Waals surface area contributed by atoms with Crippen LogP contribution >= 0.6 is 0 Å². The fraction of sp³-hybridized carbons (Fsp3) is 0.643. The highest BCUT2D eigenvalue weighted by atomic mass is 14.9. The molecule has 0 aliphatic rings. The first-order valence-corrected chi connectivity index (χ1v) is 6.07. The molecule has 1 aromatic rings. The average molecular weight is 220 g/mol. The molecule has 0 radical (unpaired) electrons. The maximum absolute atomic E-state index is 4.28. The van der Waals surface area contributed by atoms with E-state index in [4.69, 9.17) is 0 Å². The molecule has 0 amide bonds. The summed E-state index contributed by atoms with van der Waals surface area (Å²) < 4.78 is 0. The van der Waals surface area contributed by atoms with E-state index in [0.717, 1.165) is 13.0 Å². The number of pyridine rings is 1. The molecule has 0 aliphatic carbocycles. The predicted molar refractivity (Wildman–Crippen MR) is 69.5 cm³/mol. The van der Waals surface area contributed by atoms with Gasteiger partial charge in [0.05, 0.1) is 0 Å². The molecule has 1 N–H and O–H groups in total. The van der Waals surface area contributed by atoms with Gasteiger partial charge < -0.3 is 5.32 Å². The topological polar surface area (TPSA) is 24.9 Å². The highest BCUT2D eigenvalue weighted by Gasteiger charge is 2.19. The molecular formula is C14H24N2. The number of hydrogen-bond donors (Lipinski definition) is 1. The first kappa shape index (κ1) is 13.2. The first-order chi connectivity index (χ1) is 7.42. The van der Waals surface area contributed by atoms with E-state index in [1.54, 1.807) is 0 Å². The lowest BCUT2D eigenvalue weighted by Crippen LogP contribution is -2.25. The van der Waals surface area contributed by atoms with Crippen LogP contribution in [0.25, 0.3) is 0 Å². The molecular weight excluding hydrogens is 196 g/mol. The Balaban J connectivity index is 2.85. The molecule has 1 heterocycles. The summed E-state index contributed by atoms with van der Waals surface area (Å²) in [6.45, 7) is 12.1. The van der Waals surface area contributed by atoms with E-state index < -0.39 is 0 Å². The van der Waals surface area contributed by atoms with Crippen LogP contribution in [0.5, 0.6) is 0 Å². The third-order valence-corrected chi connectivity index (χ3v) is 2.57. The fourth-order valence-corrected chi connectivity index (χ4v) is 1.94. The Morgan fingerprint density at radius 1 is 1.31 bits per heavy atom. The normalized spacial score (nSPS) is 13.8. The van der Waals surface area contributed by atoms with Crippen molar-refractivity contribution in [1.82, 2.24) is 10.3 Å². The second-order valence-electron chi connectivity index (χ2n) is 5.67. The standard InChI is InChI=1S/C14H24N2/c1-6-16-13(8-14(3,4)5)12-7-11(2)9-15-10-12/h7,9-10,13,16H,6,8H2,1-5H3. The van der Waals surface area contributed by atoms with Crippen molar-refractivity contribution in [3.05, 3.63) is 29.6 Å². The van der Waals surface area contributed by atoms with Gasteiger partial charge in [-0.3, -0.25) is 4.98 Å². The van der Waals surface area contributed by atoms with E-state index in [1.165, 1.54) is 11.1 Å². The second kappa shape index (κ2) is 5.44. The van der Waals surface area contributed by atoms with E-state index in [2.05, 4.69) is 51.0 Å². The molecule has 0 saturated heterocycles. The smallest absolute Gasteiger partial charge is 0.0340 e. The Kier molecular flexibility index (Phi) is 4.48. The van der Waals surface area contributed by atoms with Crippen LogP contribution in [0.4, 0.5) is 0 Å². The van der Waals surface area contributed by atoms with Crippen LogP contribution in [0.1, 0.15) is 51.3 Å². The SMILES string of the molecule is CCNC(CC(C)(C)C)c1cncc(C)c1. The van der Waals surface area contributed by atoms with Gasteiger partial charge in [-0.05, 0) is 36.4 Å². The molecule has 2 heteroatoms. The van der Waals surface area contributed by atoms with Gasteiger partial charge in [0.2, 0.25) is 0 Å². The third-order valence-electron chi connectivity index (χ3n) is 2.57. The molecule has 0 saturated carbocycles. The predicted octanol–water partition coefficient (Wildman–Crippen LogP) is 3.48. The van der Waals surface area contributed by atoms with E-state index in [-0.39, 0.29) is 0 Å². The highest BCUT2D eigenvalue weighted by Crippen LogP contribution is 2.29. The molecule has 2 nitrogen and oxygen atoms in total. The average Bonchev–Trinajstić information content (AvgIpc) is 2.15. The van der Waals surface area contributed by atoms with Crippen molar-refractivity contribution < 1.29 is 0 Å². The number of aromatic nitrogens is 1. The molecule has 0 aliphatic heterocycles. The Morgan fingerprint density at radius 2 is 2.00 bits per heavy atom. The van der Waals surface area contributed by atoms with Gasteiger partial charge in [0, 0.05) is 18.4 Å². The van der Waals surface area contributed by atoms with Gasteiger partial charge >= 0.3 is 0 Å². The quantitative estimate of drug-likeness (QED) is 0.840. The van der Waals surface area contributed by atoms with Gasteiger partial charge in [-0.1, -0.05) is 33.8 Å². The molecule has 0 aromatic carbocycles. The maximum atomic E-state index is 4.28. The minimum absolute atomic E-state index is 0.330. The maximum Gasteiger partial charge on any atom is 0.0340 e. The molecule has 1 unspecified atom stereocenters. The molecule has 16 heavy (non-hydrogen) atoms. The van der Waals surface area contributed by atoms with Gasteiger partial charge in [-0.15, -0.1) is 0 Å². The lowest BCUT2D eigenvalue weighted by Gasteiger charge is -2.27. The number of nitrogens with one attached hydrogen (secondary N) is 1. The van der Waals surface area contributed by atoms with E-state index >= 15 is 0 Å². The Morgan fingerprint density at radius 3 is 2.50 bits per heavy atom. The molecule has 1 atom stereocenters. The van der Waals surface area contributed by atoms with Crippen LogP contribution in [-0.2, 0) is 0 Å². The van der Waals surface area contributed by atoms with Crippen LogP contribution < -0.4 is 5.32 Å². The summed E-state index contributed by atoms with van der Waals surface area (Å²) in [6.07, 6.45) is 5.02. The lowest BCUT2D eigenvalue weighted by molar-refractivity contribution is 0.314. The van der Waals surface area contributed by atoms with Crippen LogP contribution in [0.15, 0.2) is 18.5 Å². The van der Waals surface area contributed by atoms with Crippen molar-refractivity contribution in [2.45, 2.75) is 47.1 Å². The van der Waals surface area contributed by atoms with Crippen molar-refractivity contribution in [1.29, 1.82) is 0 Å². The zero-order valence-corrected chi connectivity index (χ0v) is 11.2. The molecule has 0 spiro atoms. The molecule has 90 valence electrons. The van der Waals surface area contributed by atoms with Crippen molar-refractivity contribution in [3.63, 3.8) is 0 Å². The van der Waals surface area contributed by atoms with Crippen molar-refractivity contribution in [2.24, 2.45) is 5.41 Å². The summed E-state index contributed by atoms with van der Waals surface area (Å²) in [5.74, 6) is 0. The number of hydrogen-bond acceptors (Lipinski definition) is 2. The van der Waals surface area contributed by atoms with Crippen LogP contribution in [-0.4, -0.2) is 11.5 Å². The fourth-order valence-electron chi connectivity index (χ4n) is 1.94. The Labute approximate surface area is 99.5 Å². The number of rotatable bonds is 4. The summed E-state index contributed by atoms with van der Waals surface area (Å²) >= 11 is 0. The molecule has 0 bridgehead atoms. The minimum atomic E-state index is 0.330. The van der Waals surface area contributed by atoms with Crippen LogP contribution in [0, 0.1) is 12.3 Å². The van der Waals surface area contributed by atoms with E-state index in [0.29, 0.717) is 11.5 Å². The van der Waals surface area contributed by atoms with Gasteiger partial charge in [0.15, 0.2) is 0 Å². The lowest BCUT2D eigenvalue weighted by atomic mass is 9.85. The summed E-state index contributed by atoms with van der Waals surface area (Å²) in [5.41, 5.74) is 2.86. The minimum Gasteiger partial charge on any atom is -0.310 e. The van der Waals surface area contributed by atoms with E-state index in [1.807, 2.05) is 12.4 Å². The van der Waals surface area contributed by atoms with Crippen molar-refractivity contribution in [3.8, 4) is 0 Å². The summed E-state index contributed by atoms with van der Waals surface area (Å²) in [7, 11) is 0. The zero-order chi connectivity index (χ0) is 12.2.